The lowest BCUT2D eigenvalue weighted by atomic mass is 9.97. The van der Waals surface area contributed by atoms with E-state index in [9.17, 15) is 26.4 Å². The maximum absolute atomic E-state index is 12.7. The lowest BCUT2D eigenvalue weighted by Gasteiger charge is -2.11. The summed E-state index contributed by atoms with van der Waals surface area (Å²) in [6.07, 6.45) is -4.58. The Hall–Kier alpha value is -3.08. The van der Waals surface area contributed by atoms with Crippen LogP contribution in [0.15, 0.2) is 51.8 Å². The first-order chi connectivity index (χ1) is 14.2. The minimum atomic E-state index is -4.58. The van der Waals surface area contributed by atoms with Gasteiger partial charge in [0.2, 0.25) is 5.89 Å². The van der Waals surface area contributed by atoms with Gasteiger partial charge in [-0.1, -0.05) is 26.8 Å². The van der Waals surface area contributed by atoms with Gasteiger partial charge in [-0.05, 0) is 36.4 Å². The van der Waals surface area contributed by atoms with E-state index < -0.39 is 28.7 Å². The highest BCUT2D eigenvalue weighted by Gasteiger charge is 2.28. The average molecular weight is 455 g/mol. The maximum Gasteiger partial charge on any atom is 0.405 e. The molecule has 0 radical (unpaired) electrons. The summed E-state index contributed by atoms with van der Waals surface area (Å²) in [5.74, 6) is -0.534. The SMILES string of the molecule is CC(C)(C)c1nc2cc(NS(=O)(=O)c3cccc(C(=O)NCC(F)(F)F)c3)ccc2o1. The van der Waals surface area contributed by atoms with Gasteiger partial charge in [0.05, 0.1) is 10.6 Å². The molecule has 0 aliphatic carbocycles. The van der Waals surface area contributed by atoms with Gasteiger partial charge in [0.1, 0.15) is 12.1 Å². The predicted octanol–water partition coefficient (Wildman–Crippen LogP) is 4.22. The second kappa shape index (κ2) is 7.88. The van der Waals surface area contributed by atoms with Gasteiger partial charge in [0.15, 0.2) is 5.58 Å². The third-order valence-corrected chi connectivity index (χ3v) is 5.52. The number of alkyl halides is 3. The second-order valence-corrected chi connectivity index (χ2v) is 9.57. The van der Waals surface area contributed by atoms with Crippen molar-refractivity contribution in [2.75, 3.05) is 11.3 Å². The molecule has 0 aliphatic rings. The van der Waals surface area contributed by atoms with E-state index in [0.717, 1.165) is 6.07 Å². The van der Waals surface area contributed by atoms with Crippen molar-refractivity contribution in [3.63, 3.8) is 0 Å². The summed E-state index contributed by atoms with van der Waals surface area (Å²) in [5.41, 5.74) is 0.634. The number of hydrogen-bond donors (Lipinski definition) is 2. The number of aromatic nitrogens is 1. The molecule has 0 saturated heterocycles. The first-order valence-electron chi connectivity index (χ1n) is 9.13. The zero-order valence-electron chi connectivity index (χ0n) is 16.9. The van der Waals surface area contributed by atoms with Crippen LogP contribution in [0.25, 0.3) is 11.1 Å². The summed E-state index contributed by atoms with van der Waals surface area (Å²) in [6.45, 7) is 4.27. The molecular weight excluding hydrogens is 435 g/mol. The molecule has 2 N–H and O–H groups in total. The van der Waals surface area contributed by atoms with E-state index in [2.05, 4.69) is 9.71 Å². The van der Waals surface area contributed by atoms with E-state index in [4.69, 9.17) is 4.42 Å². The Balaban J connectivity index is 1.83. The number of nitrogens with zero attached hydrogens (tertiary/aromatic N) is 1. The van der Waals surface area contributed by atoms with Crippen LogP contribution in [0.3, 0.4) is 0 Å². The van der Waals surface area contributed by atoms with E-state index in [1.54, 1.807) is 11.4 Å². The van der Waals surface area contributed by atoms with Crippen molar-refractivity contribution < 1.29 is 30.8 Å². The molecule has 0 atom stereocenters. The lowest BCUT2D eigenvalue weighted by Crippen LogP contribution is -2.33. The molecule has 0 aliphatic heterocycles. The van der Waals surface area contributed by atoms with Crippen LogP contribution in [0.4, 0.5) is 18.9 Å². The Morgan fingerprint density at radius 3 is 2.45 bits per heavy atom. The average Bonchev–Trinajstić information content (AvgIpc) is 3.09. The van der Waals surface area contributed by atoms with Gasteiger partial charge in [0.25, 0.3) is 15.9 Å². The third-order valence-electron chi connectivity index (χ3n) is 4.14. The third kappa shape index (κ3) is 5.54. The van der Waals surface area contributed by atoms with Crippen LogP contribution < -0.4 is 10.0 Å². The van der Waals surface area contributed by atoms with Gasteiger partial charge >= 0.3 is 6.18 Å². The van der Waals surface area contributed by atoms with Gasteiger partial charge in [0, 0.05) is 11.0 Å². The van der Waals surface area contributed by atoms with Crippen LogP contribution >= 0.6 is 0 Å². The topological polar surface area (TPSA) is 101 Å². The molecule has 166 valence electrons. The number of hydrogen-bond acceptors (Lipinski definition) is 5. The van der Waals surface area contributed by atoms with Crippen molar-refractivity contribution in [1.29, 1.82) is 0 Å². The molecule has 7 nitrogen and oxygen atoms in total. The maximum atomic E-state index is 12.7. The molecule has 2 aromatic carbocycles. The molecule has 0 bridgehead atoms. The number of benzene rings is 2. The number of anilines is 1. The molecular formula is C20H20F3N3O4S. The molecule has 3 aromatic rings. The van der Waals surface area contributed by atoms with Crippen LogP contribution in [0.1, 0.15) is 37.0 Å². The molecule has 0 spiro atoms. The van der Waals surface area contributed by atoms with E-state index >= 15 is 0 Å². The van der Waals surface area contributed by atoms with Crippen LogP contribution in [-0.2, 0) is 15.4 Å². The fraction of sp³-hybridized carbons (Fsp3) is 0.300. The molecule has 0 fully saturated rings. The smallest absolute Gasteiger partial charge is 0.405 e. The zero-order chi connectivity index (χ0) is 23.0. The van der Waals surface area contributed by atoms with E-state index in [1.807, 2.05) is 20.8 Å². The number of carbonyl (C=O) groups is 1. The van der Waals surface area contributed by atoms with Crippen molar-refractivity contribution >= 4 is 32.7 Å². The van der Waals surface area contributed by atoms with Gasteiger partial charge in [-0.25, -0.2) is 13.4 Å². The Kier molecular flexibility index (Phi) is 5.74. The van der Waals surface area contributed by atoms with Gasteiger partial charge in [-0.15, -0.1) is 0 Å². The molecule has 3 rings (SSSR count). The first-order valence-corrected chi connectivity index (χ1v) is 10.6. The quantitative estimate of drug-likeness (QED) is 0.600. The largest absolute Gasteiger partial charge is 0.440 e. The predicted molar refractivity (Wildman–Crippen MR) is 108 cm³/mol. The second-order valence-electron chi connectivity index (χ2n) is 7.88. The molecule has 1 heterocycles. The van der Waals surface area contributed by atoms with Crippen molar-refractivity contribution in [2.24, 2.45) is 0 Å². The minimum absolute atomic E-state index is 0.214. The number of rotatable bonds is 5. The Morgan fingerprint density at radius 2 is 1.81 bits per heavy atom. The number of sulfonamides is 1. The summed E-state index contributed by atoms with van der Waals surface area (Å²) in [6, 6.07) is 9.31. The van der Waals surface area contributed by atoms with Gasteiger partial charge in [-0.3, -0.25) is 9.52 Å². The molecule has 31 heavy (non-hydrogen) atoms. The Labute approximate surface area is 176 Å². The number of oxazole rings is 1. The van der Waals surface area contributed by atoms with Crippen LogP contribution in [0.5, 0.6) is 0 Å². The highest BCUT2D eigenvalue weighted by molar-refractivity contribution is 7.92. The van der Waals surface area contributed by atoms with Crippen molar-refractivity contribution in [2.45, 2.75) is 37.3 Å². The highest BCUT2D eigenvalue weighted by Crippen LogP contribution is 2.28. The molecule has 0 unspecified atom stereocenters. The van der Waals surface area contributed by atoms with Crippen molar-refractivity contribution in [3.8, 4) is 0 Å². The lowest BCUT2D eigenvalue weighted by molar-refractivity contribution is -0.123. The summed E-state index contributed by atoms with van der Waals surface area (Å²) in [4.78, 5) is 16.0. The fourth-order valence-electron chi connectivity index (χ4n) is 2.61. The monoisotopic (exact) mass is 455 g/mol. The number of amides is 1. The van der Waals surface area contributed by atoms with E-state index in [1.165, 1.54) is 30.3 Å². The summed E-state index contributed by atoms with van der Waals surface area (Å²) < 4.78 is 70.4. The molecule has 11 heteroatoms. The molecule has 0 saturated carbocycles. The summed E-state index contributed by atoms with van der Waals surface area (Å²) in [5, 5.41) is 1.70. The van der Waals surface area contributed by atoms with Crippen LogP contribution in [0.2, 0.25) is 0 Å². The molecule has 1 aromatic heterocycles. The van der Waals surface area contributed by atoms with Crippen LogP contribution in [0, 0.1) is 0 Å². The number of carbonyl (C=O) groups excluding carboxylic acids is 1. The fourth-order valence-corrected chi connectivity index (χ4v) is 3.71. The number of fused-ring (bicyclic) bond motifs is 1. The highest BCUT2D eigenvalue weighted by atomic mass is 32.2. The number of halogens is 3. The Bertz CT molecular complexity index is 1230. The van der Waals surface area contributed by atoms with Gasteiger partial charge in [-0.2, -0.15) is 13.2 Å². The number of nitrogens with one attached hydrogen (secondary N) is 2. The van der Waals surface area contributed by atoms with Gasteiger partial charge < -0.3 is 9.73 Å². The van der Waals surface area contributed by atoms with Crippen LogP contribution in [-0.4, -0.2) is 32.0 Å². The first kappa shape index (κ1) is 22.6. The van der Waals surface area contributed by atoms with E-state index in [-0.39, 0.29) is 21.6 Å². The standard InChI is InChI=1S/C20H20F3N3O4S/c1-19(2,3)18-25-15-10-13(7-8-16(15)30-18)26-31(28,29)14-6-4-5-12(9-14)17(27)24-11-20(21,22)23/h4-10,26H,11H2,1-3H3,(H,24,27). The van der Waals surface area contributed by atoms with E-state index in [0.29, 0.717) is 17.0 Å². The normalized spacial score (nSPS) is 12.7. The minimum Gasteiger partial charge on any atom is -0.440 e. The summed E-state index contributed by atoms with van der Waals surface area (Å²) in [7, 11) is -4.11. The Morgan fingerprint density at radius 1 is 1.10 bits per heavy atom. The molecule has 1 amide bonds. The zero-order valence-corrected chi connectivity index (χ0v) is 17.7. The van der Waals surface area contributed by atoms with Crippen molar-refractivity contribution in [1.82, 2.24) is 10.3 Å². The van der Waals surface area contributed by atoms with Crippen molar-refractivity contribution in [3.05, 3.63) is 53.9 Å². The summed E-state index contributed by atoms with van der Waals surface area (Å²) >= 11 is 0.